The van der Waals surface area contributed by atoms with Gasteiger partial charge in [-0.1, -0.05) is 262 Å². The first-order valence-electron chi connectivity index (χ1n) is 31.0. The van der Waals surface area contributed by atoms with Crippen LogP contribution < -0.4 is 0 Å². The van der Waals surface area contributed by atoms with Crippen LogP contribution in [0.5, 0.6) is 0 Å². The molecule has 0 rings (SSSR count). The third-order valence-corrected chi connectivity index (χ3v) is 12.5. The van der Waals surface area contributed by atoms with Crippen molar-refractivity contribution >= 4 is 17.9 Å². The minimum atomic E-state index is -0.813. The van der Waals surface area contributed by atoms with E-state index in [2.05, 4.69) is 179 Å². The molecule has 0 spiro atoms. The molecular weight excluding hydrogens is 949 g/mol. The molecule has 0 aromatic heterocycles. The Morgan fingerprint density at radius 3 is 0.805 bits per heavy atom. The predicted molar refractivity (Wildman–Crippen MR) is 334 cm³/mol. The molecule has 1 atom stereocenters. The van der Waals surface area contributed by atoms with Crippen molar-refractivity contribution in [1.82, 2.24) is 0 Å². The van der Waals surface area contributed by atoms with Gasteiger partial charge in [0.05, 0.1) is 0 Å². The van der Waals surface area contributed by atoms with E-state index >= 15 is 0 Å². The van der Waals surface area contributed by atoms with Gasteiger partial charge in [-0.15, -0.1) is 0 Å². The second-order valence-corrected chi connectivity index (χ2v) is 19.9. The van der Waals surface area contributed by atoms with Crippen molar-refractivity contribution in [2.24, 2.45) is 0 Å². The van der Waals surface area contributed by atoms with Crippen LogP contribution in [-0.4, -0.2) is 37.2 Å². The molecule has 0 saturated carbocycles. The lowest BCUT2D eigenvalue weighted by molar-refractivity contribution is -0.167. The highest BCUT2D eigenvalue weighted by molar-refractivity contribution is 5.71. The lowest BCUT2D eigenvalue weighted by atomic mass is 10.1. The Labute approximate surface area is 473 Å². The molecule has 0 amide bonds. The Bertz CT molecular complexity index is 1740. The summed E-state index contributed by atoms with van der Waals surface area (Å²) >= 11 is 0. The average Bonchev–Trinajstić information content (AvgIpc) is 3.43. The first kappa shape index (κ1) is 72.0. The first-order chi connectivity index (χ1) is 38.0. The molecule has 0 saturated heterocycles. The van der Waals surface area contributed by atoms with E-state index in [0.717, 1.165) is 154 Å². The Morgan fingerprint density at radius 2 is 0.506 bits per heavy atom. The standard InChI is InChI=1S/C71H112O6/c1-4-7-10-13-16-19-22-24-26-28-30-31-32-33-34-35-36-37-38-39-41-42-44-46-49-52-55-58-61-64-70(73)76-67-68(66-75-69(72)63-60-57-54-51-48-21-18-15-12-9-6-3)77-71(74)65-62-59-56-53-50-47-45-43-40-29-27-25-23-20-17-14-11-8-5-2/h7-8,10-11,16-17,19-20,24-27,30-31,33-34,36-37,39-41,43-44,46-47,50,68H,4-6,9,12-15,18,21-23,28-29,32,35,38,42,45,48-49,51-67H2,1-3H3/b10-7-,11-8-,19-16-,20-17-,26-24-,27-25-,31-30-,34-33-,37-36-,41-39-,43-40-,46-44-,50-47-. The molecule has 0 aromatic rings. The van der Waals surface area contributed by atoms with E-state index in [-0.39, 0.29) is 37.5 Å². The molecule has 77 heavy (non-hydrogen) atoms. The fourth-order valence-corrected chi connectivity index (χ4v) is 7.95. The van der Waals surface area contributed by atoms with E-state index in [1.807, 2.05) is 0 Å². The number of unbranched alkanes of at least 4 members (excludes halogenated alkanes) is 17. The summed E-state index contributed by atoms with van der Waals surface area (Å²) in [5.74, 6) is -0.969. The Kier molecular flexibility index (Phi) is 59.5. The SMILES string of the molecule is CC/C=C\C/C=C\C/C=C\C/C=C\C/C=C\C/C=C\C/C=C\C/C=C\CCCCCCC(=O)OCC(COC(=O)CCCCCCCCCCCCC)OC(=O)CCCCC/C=C\C/C=C\C/C=C\C/C=C\C/C=C\CC. The fourth-order valence-electron chi connectivity index (χ4n) is 7.95. The maximum absolute atomic E-state index is 12.9. The fraction of sp³-hybridized carbons (Fsp3) is 0.592. The summed E-state index contributed by atoms with van der Waals surface area (Å²) in [6.07, 6.45) is 92.4. The molecule has 432 valence electrons. The second kappa shape index (κ2) is 63.6. The Morgan fingerprint density at radius 1 is 0.273 bits per heavy atom. The maximum Gasteiger partial charge on any atom is 0.306 e. The average molecular weight is 1060 g/mol. The van der Waals surface area contributed by atoms with Gasteiger partial charge in [-0.3, -0.25) is 14.4 Å². The number of hydrogen-bond donors (Lipinski definition) is 0. The van der Waals surface area contributed by atoms with Gasteiger partial charge >= 0.3 is 17.9 Å². The minimum absolute atomic E-state index is 0.104. The molecule has 6 heteroatoms. The van der Waals surface area contributed by atoms with Gasteiger partial charge in [-0.05, 0) is 128 Å². The number of esters is 3. The molecular formula is C71H112O6. The van der Waals surface area contributed by atoms with Crippen LogP contribution in [0.25, 0.3) is 0 Å². The van der Waals surface area contributed by atoms with Crippen LogP contribution in [0.2, 0.25) is 0 Å². The zero-order chi connectivity index (χ0) is 55.7. The van der Waals surface area contributed by atoms with Gasteiger partial charge < -0.3 is 14.2 Å². The highest BCUT2D eigenvalue weighted by Crippen LogP contribution is 2.14. The third-order valence-electron chi connectivity index (χ3n) is 12.5. The summed E-state index contributed by atoms with van der Waals surface area (Å²) in [6.45, 7) is 6.35. The largest absolute Gasteiger partial charge is 0.462 e. The molecule has 0 aliphatic carbocycles. The molecule has 0 radical (unpaired) electrons. The minimum Gasteiger partial charge on any atom is -0.462 e. The van der Waals surface area contributed by atoms with E-state index in [1.54, 1.807) is 0 Å². The number of allylic oxidation sites excluding steroid dienone is 26. The van der Waals surface area contributed by atoms with Crippen molar-refractivity contribution in [2.45, 2.75) is 258 Å². The van der Waals surface area contributed by atoms with Crippen molar-refractivity contribution in [3.05, 3.63) is 158 Å². The Balaban J connectivity index is 4.43. The summed E-state index contributed by atoms with van der Waals surface area (Å²) in [4.78, 5) is 38.2. The number of carbonyl (C=O) groups excluding carboxylic acids is 3. The summed E-state index contributed by atoms with van der Waals surface area (Å²) < 4.78 is 16.8. The smallest absolute Gasteiger partial charge is 0.306 e. The summed E-state index contributed by atoms with van der Waals surface area (Å²) in [5, 5.41) is 0. The van der Waals surface area contributed by atoms with Crippen LogP contribution in [0.15, 0.2) is 158 Å². The lowest BCUT2D eigenvalue weighted by Gasteiger charge is -2.18. The topological polar surface area (TPSA) is 78.9 Å². The van der Waals surface area contributed by atoms with E-state index in [9.17, 15) is 14.4 Å². The first-order valence-corrected chi connectivity index (χ1v) is 31.0. The second-order valence-electron chi connectivity index (χ2n) is 19.9. The molecule has 0 N–H and O–H groups in total. The maximum atomic E-state index is 12.9. The third kappa shape index (κ3) is 61.8. The monoisotopic (exact) mass is 1060 g/mol. The van der Waals surface area contributed by atoms with Crippen molar-refractivity contribution in [3.8, 4) is 0 Å². The van der Waals surface area contributed by atoms with Gasteiger partial charge in [0.1, 0.15) is 13.2 Å². The van der Waals surface area contributed by atoms with Gasteiger partial charge in [0, 0.05) is 19.3 Å². The molecule has 0 aliphatic rings. The van der Waals surface area contributed by atoms with Crippen LogP contribution >= 0.6 is 0 Å². The van der Waals surface area contributed by atoms with Crippen LogP contribution in [0, 0.1) is 0 Å². The number of hydrogen-bond acceptors (Lipinski definition) is 6. The molecule has 1 unspecified atom stereocenters. The van der Waals surface area contributed by atoms with E-state index in [0.29, 0.717) is 19.3 Å². The van der Waals surface area contributed by atoms with Crippen LogP contribution in [0.4, 0.5) is 0 Å². The molecule has 6 nitrogen and oxygen atoms in total. The van der Waals surface area contributed by atoms with Crippen LogP contribution in [0.1, 0.15) is 252 Å². The zero-order valence-electron chi connectivity index (χ0n) is 49.4. The molecule has 0 aliphatic heterocycles. The normalized spacial score (nSPS) is 13.2. The van der Waals surface area contributed by atoms with Crippen molar-refractivity contribution < 1.29 is 28.6 Å². The quantitative estimate of drug-likeness (QED) is 0.0261. The van der Waals surface area contributed by atoms with Crippen LogP contribution in [-0.2, 0) is 28.6 Å². The van der Waals surface area contributed by atoms with Crippen molar-refractivity contribution in [1.29, 1.82) is 0 Å². The van der Waals surface area contributed by atoms with Crippen molar-refractivity contribution in [2.75, 3.05) is 13.2 Å². The number of ether oxygens (including phenoxy) is 3. The predicted octanol–water partition coefficient (Wildman–Crippen LogP) is 21.3. The van der Waals surface area contributed by atoms with Crippen molar-refractivity contribution in [3.63, 3.8) is 0 Å². The van der Waals surface area contributed by atoms with Gasteiger partial charge in [-0.25, -0.2) is 0 Å². The summed E-state index contributed by atoms with van der Waals surface area (Å²) in [6, 6.07) is 0. The zero-order valence-corrected chi connectivity index (χ0v) is 49.4. The van der Waals surface area contributed by atoms with Gasteiger partial charge in [0.25, 0.3) is 0 Å². The van der Waals surface area contributed by atoms with Crippen LogP contribution in [0.3, 0.4) is 0 Å². The summed E-state index contributed by atoms with van der Waals surface area (Å²) in [7, 11) is 0. The molecule has 0 heterocycles. The highest BCUT2D eigenvalue weighted by Gasteiger charge is 2.19. The Hall–Kier alpha value is -4.97. The molecule has 0 bridgehead atoms. The summed E-state index contributed by atoms with van der Waals surface area (Å²) in [5.41, 5.74) is 0. The van der Waals surface area contributed by atoms with E-state index in [4.69, 9.17) is 14.2 Å². The molecule has 0 aromatic carbocycles. The number of rotatable bonds is 54. The molecule has 0 fully saturated rings. The van der Waals surface area contributed by atoms with E-state index in [1.165, 1.54) is 51.4 Å². The highest BCUT2D eigenvalue weighted by atomic mass is 16.6. The lowest BCUT2D eigenvalue weighted by Crippen LogP contribution is -2.30. The number of carbonyl (C=O) groups is 3. The van der Waals surface area contributed by atoms with Gasteiger partial charge in [0.15, 0.2) is 6.10 Å². The van der Waals surface area contributed by atoms with Gasteiger partial charge in [-0.2, -0.15) is 0 Å². The van der Waals surface area contributed by atoms with E-state index < -0.39 is 6.10 Å². The van der Waals surface area contributed by atoms with Gasteiger partial charge in [0.2, 0.25) is 0 Å².